The van der Waals surface area contributed by atoms with Crippen molar-refractivity contribution in [3.8, 4) is 0 Å². The molecule has 1 aliphatic heterocycles. The van der Waals surface area contributed by atoms with Gasteiger partial charge < -0.3 is 16.8 Å². The van der Waals surface area contributed by atoms with Crippen molar-refractivity contribution >= 4 is 45.2 Å². The van der Waals surface area contributed by atoms with Crippen molar-refractivity contribution in [2.75, 3.05) is 12.3 Å². The molecule has 1 aliphatic rings. The molecule has 0 spiro atoms. The fourth-order valence-corrected chi connectivity index (χ4v) is 4.53. The number of nitrogen functional groups attached to an aromatic ring is 1. The summed E-state index contributed by atoms with van der Waals surface area (Å²) in [6.07, 6.45) is 1.37. The van der Waals surface area contributed by atoms with Gasteiger partial charge in [0.2, 0.25) is 11.8 Å². The van der Waals surface area contributed by atoms with Crippen LogP contribution in [-0.4, -0.2) is 40.3 Å². The molecule has 1 aromatic heterocycles. The van der Waals surface area contributed by atoms with Gasteiger partial charge in [0.15, 0.2) is 0 Å². The number of rotatable bonds is 7. The average Bonchev–Trinajstić information content (AvgIpc) is 3.13. The van der Waals surface area contributed by atoms with Crippen molar-refractivity contribution < 1.29 is 9.59 Å². The standard InChI is InChI=1S/C22H27BrClN5O2/c1-12-16(4-6-20(25)28-12)10-27-22(31)13(2)29-11-15(9-19(29)21(26)30)7-14-3-5-17(23)18(24)8-14/h3-6,8,13,15,19H,7,9-11H2,1-2H3,(H2,25,28)(H2,26,30)(H,27,31)/t13-,15?,19?/m0/s1. The lowest BCUT2D eigenvalue weighted by Crippen LogP contribution is -2.51. The summed E-state index contributed by atoms with van der Waals surface area (Å²) in [6.45, 7) is 4.61. The molecule has 2 aromatic rings. The van der Waals surface area contributed by atoms with E-state index in [-0.39, 0.29) is 11.8 Å². The molecule has 0 bridgehead atoms. The zero-order chi connectivity index (χ0) is 22.7. The van der Waals surface area contributed by atoms with Crippen LogP contribution >= 0.6 is 27.5 Å². The van der Waals surface area contributed by atoms with Crippen LogP contribution in [0.4, 0.5) is 5.82 Å². The Balaban J connectivity index is 1.64. The molecule has 5 N–H and O–H groups in total. The first-order valence-corrected chi connectivity index (χ1v) is 11.3. The van der Waals surface area contributed by atoms with Crippen molar-refractivity contribution in [1.29, 1.82) is 0 Å². The number of anilines is 1. The van der Waals surface area contributed by atoms with E-state index in [0.717, 1.165) is 27.7 Å². The van der Waals surface area contributed by atoms with Crippen molar-refractivity contribution in [3.63, 3.8) is 0 Å². The highest BCUT2D eigenvalue weighted by Gasteiger charge is 2.40. The number of carbonyl (C=O) groups excluding carboxylic acids is 2. The van der Waals surface area contributed by atoms with Crippen LogP contribution in [0.25, 0.3) is 0 Å². The van der Waals surface area contributed by atoms with E-state index in [0.29, 0.717) is 30.4 Å². The molecule has 2 heterocycles. The maximum absolute atomic E-state index is 12.8. The van der Waals surface area contributed by atoms with Gasteiger partial charge in [-0.05, 0) is 77.9 Å². The van der Waals surface area contributed by atoms with E-state index >= 15 is 0 Å². The molecule has 0 aliphatic carbocycles. The minimum absolute atomic E-state index is 0.158. The molecule has 0 radical (unpaired) electrons. The number of primary amides is 1. The number of carbonyl (C=O) groups is 2. The summed E-state index contributed by atoms with van der Waals surface area (Å²) in [4.78, 5) is 31.0. The molecule has 1 saturated heterocycles. The summed E-state index contributed by atoms with van der Waals surface area (Å²) in [6, 6.07) is 8.45. The predicted octanol–water partition coefficient (Wildman–Crippen LogP) is 2.81. The number of aryl methyl sites for hydroxylation is 1. The Morgan fingerprint density at radius 2 is 2.10 bits per heavy atom. The Bertz CT molecular complexity index is 986. The van der Waals surface area contributed by atoms with Crippen LogP contribution in [-0.2, 0) is 22.6 Å². The summed E-state index contributed by atoms with van der Waals surface area (Å²) in [7, 11) is 0. The highest BCUT2D eigenvalue weighted by Crippen LogP contribution is 2.30. The Kier molecular flexibility index (Phi) is 7.56. The second kappa shape index (κ2) is 9.97. The highest BCUT2D eigenvalue weighted by molar-refractivity contribution is 9.10. The molecular weight excluding hydrogens is 482 g/mol. The second-order valence-electron chi connectivity index (χ2n) is 8.04. The van der Waals surface area contributed by atoms with Crippen LogP contribution in [0.2, 0.25) is 5.02 Å². The zero-order valence-electron chi connectivity index (χ0n) is 17.6. The van der Waals surface area contributed by atoms with Gasteiger partial charge in [0.1, 0.15) is 5.82 Å². The minimum Gasteiger partial charge on any atom is -0.384 e. The number of amides is 2. The molecule has 31 heavy (non-hydrogen) atoms. The highest BCUT2D eigenvalue weighted by atomic mass is 79.9. The summed E-state index contributed by atoms with van der Waals surface area (Å²) in [5.41, 5.74) is 14.1. The first-order valence-electron chi connectivity index (χ1n) is 10.1. The van der Waals surface area contributed by atoms with Crippen LogP contribution in [0.1, 0.15) is 30.2 Å². The van der Waals surface area contributed by atoms with Gasteiger partial charge in [-0.15, -0.1) is 0 Å². The topological polar surface area (TPSA) is 114 Å². The van der Waals surface area contributed by atoms with E-state index in [9.17, 15) is 9.59 Å². The average molecular weight is 509 g/mol. The lowest BCUT2D eigenvalue weighted by atomic mass is 9.96. The molecular formula is C22H27BrClN5O2. The Labute approximate surface area is 195 Å². The van der Waals surface area contributed by atoms with Gasteiger partial charge >= 0.3 is 0 Å². The predicted molar refractivity (Wildman–Crippen MR) is 125 cm³/mol. The van der Waals surface area contributed by atoms with Gasteiger partial charge in [-0.1, -0.05) is 23.7 Å². The molecule has 3 rings (SSSR count). The fourth-order valence-electron chi connectivity index (χ4n) is 4.08. The van der Waals surface area contributed by atoms with Crippen LogP contribution in [0, 0.1) is 12.8 Å². The van der Waals surface area contributed by atoms with Crippen LogP contribution in [0.5, 0.6) is 0 Å². The lowest BCUT2D eigenvalue weighted by molar-refractivity contribution is -0.129. The Morgan fingerprint density at radius 1 is 1.35 bits per heavy atom. The third kappa shape index (κ3) is 5.75. The Hall–Kier alpha value is -2.16. The number of pyridine rings is 1. The minimum atomic E-state index is -0.488. The van der Waals surface area contributed by atoms with Crippen LogP contribution < -0.4 is 16.8 Å². The Morgan fingerprint density at radius 3 is 2.74 bits per heavy atom. The third-order valence-corrected chi connectivity index (χ3v) is 7.04. The van der Waals surface area contributed by atoms with Crippen LogP contribution in [0.3, 0.4) is 0 Å². The first kappa shape index (κ1) is 23.5. The number of nitrogens with two attached hydrogens (primary N) is 2. The molecule has 9 heteroatoms. The number of hydrogen-bond acceptors (Lipinski definition) is 5. The SMILES string of the molecule is Cc1nc(N)ccc1CNC(=O)[C@H](C)N1CC(Cc2ccc(Br)c(Cl)c2)CC1C(N)=O. The smallest absolute Gasteiger partial charge is 0.237 e. The first-order chi connectivity index (χ1) is 14.7. The van der Waals surface area contributed by atoms with E-state index in [1.807, 2.05) is 36.1 Å². The van der Waals surface area contributed by atoms with Crippen molar-refractivity contribution in [2.24, 2.45) is 11.7 Å². The summed E-state index contributed by atoms with van der Waals surface area (Å²) in [5, 5.41) is 3.59. The monoisotopic (exact) mass is 507 g/mol. The number of likely N-dealkylation sites (tertiary alicyclic amines) is 1. The van der Waals surface area contributed by atoms with Gasteiger partial charge in [-0.25, -0.2) is 4.98 Å². The summed E-state index contributed by atoms with van der Waals surface area (Å²) >= 11 is 9.61. The molecule has 0 saturated carbocycles. The second-order valence-corrected chi connectivity index (χ2v) is 9.31. The lowest BCUT2D eigenvalue weighted by Gasteiger charge is -2.28. The normalized spacial score (nSPS) is 19.9. The molecule has 1 aromatic carbocycles. The zero-order valence-corrected chi connectivity index (χ0v) is 19.9. The third-order valence-electron chi connectivity index (χ3n) is 5.81. The maximum Gasteiger partial charge on any atom is 0.237 e. The van der Waals surface area contributed by atoms with Gasteiger partial charge in [-0.2, -0.15) is 0 Å². The van der Waals surface area contributed by atoms with E-state index in [1.165, 1.54) is 0 Å². The quantitative estimate of drug-likeness (QED) is 0.532. The number of hydrogen-bond donors (Lipinski definition) is 3. The molecule has 7 nitrogen and oxygen atoms in total. The van der Waals surface area contributed by atoms with Gasteiger partial charge in [-0.3, -0.25) is 14.5 Å². The number of nitrogens with one attached hydrogen (secondary N) is 1. The van der Waals surface area contributed by atoms with Gasteiger partial charge in [0, 0.05) is 23.3 Å². The number of benzene rings is 1. The van der Waals surface area contributed by atoms with Crippen molar-refractivity contribution in [1.82, 2.24) is 15.2 Å². The summed E-state index contributed by atoms with van der Waals surface area (Å²) in [5.74, 6) is 0.0818. The van der Waals surface area contributed by atoms with Crippen molar-refractivity contribution in [2.45, 2.75) is 45.3 Å². The van der Waals surface area contributed by atoms with Crippen molar-refractivity contribution in [3.05, 3.63) is 56.6 Å². The van der Waals surface area contributed by atoms with E-state index in [2.05, 4.69) is 26.2 Å². The molecule has 1 fully saturated rings. The molecule has 3 atom stereocenters. The largest absolute Gasteiger partial charge is 0.384 e. The number of aromatic nitrogens is 1. The number of nitrogens with zero attached hydrogens (tertiary/aromatic N) is 2. The van der Waals surface area contributed by atoms with Gasteiger partial charge in [0.25, 0.3) is 0 Å². The van der Waals surface area contributed by atoms with E-state index in [1.54, 1.807) is 13.0 Å². The maximum atomic E-state index is 12.8. The number of halogens is 2. The molecule has 2 unspecified atom stereocenters. The molecule has 2 amide bonds. The summed E-state index contributed by atoms with van der Waals surface area (Å²) < 4.78 is 0.845. The van der Waals surface area contributed by atoms with E-state index in [4.69, 9.17) is 23.1 Å². The fraction of sp³-hybridized carbons (Fsp3) is 0.409. The van der Waals surface area contributed by atoms with Crippen LogP contribution in [0.15, 0.2) is 34.8 Å². The van der Waals surface area contributed by atoms with Gasteiger partial charge in [0.05, 0.1) is 17.1 Å². The van der Waals surface area contributed by atoms with E-state index < -0.39 is 18.0 Å². The molecule has 166 valence electrons.